The summed E-state index contributed by atoms with van der Waals surface area (Å²) in [5.74, 6) is 1.06. The molecular formula is C19H21F3O2S2. The zero-order chi connectivity index (χ0) is 19.3. The summed E-state index contributed by atoms with van der Waals surface area (Å²) in [4.78, 5) is 0. The number of benzene rings is 1. The summed E-state index contributed by atoms with van der Waals surface area (Å²) in [6.45, 7) is 5.76. The molecule has 1 aliphatic rings. The van der Waals surface area contributed by atoms with Gasteiger partial charge in [-0.25, -0.2) is 4.39 Å². The molecule has 2 nitrogen and oxygen atoms in total. The largest absolute Gasteiger partial charge is 0.435 e. The van der Waals surface area contributed by atoms with E-state index in [1.807, 2.05) is 0 Å². The van der Waals surface area contributed by atoms with E-state index in [0.29, 0.717) is 16.7 Å². The van der Waals surface area contributed by atoms with Gasteiger partial charge in [-0.1, -0.05) is 25.3 Å². The van der Waals surface area contributed by atoms with Crippen LogP contribution in [0.3, 0.4) is 0 Å². The van der Waals surface area contributed by atoms with E-state index in [4.69, 9.17) is 0 Å². The van der Waals surface area contributed by atoms with Crippen LogP contribution in [-0.4, -0.2) is 27.3 Å². The van der Waals surface area contributed by atoms with E-state index in [2.05, 4.69) is 17.9 Å². The van der Waals surface area contributed by atoms with E-state index >= 15 is 0 Å². The number of allylic oxidation sites excluding steroid dienone is 3. The number of halogens is 3. The van der Waals surface area contributed by atoms with Gasteiger partial charge < -0.3 is 9.84 Å². The predicted octanol–water partition coefficient (Wildman–Crippen LogP) is 5.79. The van der Waals surface area contributed by atoms with Crippen molar-refractivity contribution in [2.45, 2.75) is 30.1 Å². The predicted molar refractivity (Wildman–Crippen MR) is 104 cm³/mol. The number of aliphatic hydroxyl groups excluding tert-OH is 1. The van der Waals surface area contributed by atoms with Gasteiger partial charge in [0, 0.05) is 0 Å². The number of rotatable bonds is 7. The minimum atomic E-state index is -2.91. The molecule has 26 heavy (non-hydrogen) atoms. The molecule has 2 rings (SSSR count). The highest BCUT2D eigenvalue weighted by Crippen LogP contribution is 2.55. The number of hydrogen-bond acceptors (Lipinski definition) is 4. The van der Waals surface area contributed by atoms with Crippen molar-refractivity contribution in [1.82, 2.24) is 0 Å². The molecule has 1 aromatic carbocycles. The number of thioether (sulfide) groups is 2. The van der Waals surface area contributed by atoms with Crippen molar-refractivity contribution < 1.29 is 23.0 Å². The second-order valence-electron chi connectivity index (χ2n) is 5.77. The Morgan fingerprint density at radius 2 is 2.00 bits per heavy atom. The maximum Gasteiger partial charge on any atom is 0.387 e. The molecule has 0 radical (unpaired) electrons. The maximum atomic E-state index is 13.5. The van der Waals surface area contributed by atoms with Gasteiger partial charge in [-0.2, -0.15) is 8.78 Å². The summed E-state index contributed by atoms with van der Waals surface area (Å²) < 4.78 is 42.0. The molecule has 0 aliphatic carbocycles. The van der Waals surface area contributed by atoms with Crippen LogP contribution in [0.5, 0.6) is 5.75 Å². The fourth-order valence-electron chi connectivity index (χ4n) is 2.79. The molecule has 0 aromatic heterocycles. The first-order chi connectivity index (χ1) is 12.3. The molecule has 142 valence electrons. The quantitative estimate of drug-likeness (QED) is 0.585. The summed E-state index contributed by atoms with van der Waals surface area (Å²) in [6.07, 6.45) is 2.80. The molecule has 1 aliphatic heterocycles. The molecule has 7 heteroatoms. The molecule has 0 amide bonds. The molecule has 1 saturated heterocycles. The molecule has 1 unspecified atom stereocenters. The lowest BCUT2D eigenvalue weighted by atomic mass is 9.98. The third kappa shape index (κ3) is 4.69. The third-order valence-corrected chi connectivity index (χ3v) is 7.42. The van der Waals surface area contributed by atoms with Crippen LogP contribution in [0.4, 0.5) is 13.2 Å². The van der Waals surface area contributed by atoms with E-state index in [1.54, 1.807) is 19.1 Å². The van der Waals surface area contributed by atoms with Gasteiger partial charge in [-0.3, -0.25) is 0 Å². The van der Waals surface area contributed by atoms with Crippen molar-refractivity contribution in [2.24, 2.45) is 0 Å². The van der Waals surface area contributed by atoms with Gasteiger partial charge in [-0.15, -0.1) is 23.5 Å². The monoisotopic (exact) mass is 402 g/mol. The molecule has 1 aromatic rings. The minimum Gasteiger partial charge on any atom is -0.435 e. The van der Waals surface area contributed by atoms with Crippen LogP contribution in [0.15, 0.2) is 54.9 Å². The van der Waals surface area contributed by atoms with Crippen LogP contribution in [-0.2, 0) is 0 Å². The van der Waals surface area contributed by atoms with Crippen LogP contribution in [0.1, 0.15) is 23.7 Å². The fourth-order valence-corrected chi connectivity index (χ4v) is 6.20. The number of aliphatic hydroxyl groups is 1. The summed E-state index contributed by atoms with van der Waals surface area (Å²) in [6, 6.07) is 4.58. The first-order valence-electron chi connectivity index (χ1n) is 8.00. The Morgan fingerprint density at radius 3 is 2.50 bits per heavy atom. The standard InChI is InChI=1S/C19H21F3O2S2/c1-4-15(11-13(3)20)19(25-8-5-9-26-19)17(23)14-6-7-16(12(2)10-14)24-18(21)22/h4,6-7,10-11,17-18,23H,1,3,5,8-9H2,2H3/b15-11+. The Bertz CT molecular complexity index is 698. The van der Waals surface area contributed by atoms with Gasteiger partial charge in [0.25, 0.3) is 0 Å². The highest BCUT2D eigenvalue weighted by molar-refractivity contribution is 8.19. The maximum absolute atomic E-state index is 13.5. The van der Waals surface area contributed by atoms with E-state index in [9.17, 15) is 18.3 Å². The second-order valence-corrected chi connectivity index (χ2v) is 8.71. The minimum absolute atomic E-state index is 0.0607. The van der Waals surface area contributed by atoms with Gasteiger partial charge in [-0.05, 0) is 59.8 Å². The molecule has 1 heterocycles. The van der Waals surface area contributed by atoms with Gasteiger partial charge in [0.1, 0.15) is 21.8 Å². The third-order valence-electron chi connectivity index (χ3n) is 3.95. The topological polar surface area (TPSA) is 29.5 Å². The van der Waals surface area contributed by atoms with Gasteiger partial charge in [0.2, 0.25) is 0 Å². The van der Waals surface area contributed by atoms with E-state index in [1.165, 1.54) is 41.7 Å². The Kier molecular flexibility index (Phi) is 7.32. The Labute approximate surface area is 160 Å². The lowest BCUT2D eigenvalue weighted by Gasteiger charge is -2.41. The van der Waals surface area contributed by atoms with Crippen molar-refractivity contribution in [3.63, 3.8) is 0 Å². The second kappa shape index (κ2) is 9.06. The van der Waals surface area contributed by atoms with Crippen molar-refractivity contribution in [3.8, 4) is 5.75 Å². The van der Waals surface area contributed by atoms with Crippen molar-refractivity contribution in [2.75, 3.05) is 11.5 Å². The van der Waals surface area contributed by atoms with E-state index in [-0.39, 0.29) is 5.75 Å². The molecular weight excluding hydrogens is 381 g/mol. The van der Waals surface area contributed by atoms with Crippen molar-refractivity contribution in [1.29, 1.82) is 0 Å². The molecule has 0 spiro atoms. The molecule has 1 atom stereocenters. The summed E-state index contributed by atoms with van der Waals surface area (Å²) >= 11 is 3.05. The molecule has 0 saturated carbocycles. The molecule has 1 N–H and O–H groups in total. The van der Waals surface area contributed by atoms with Crippen LogP contribution < -0.4 is 4.74 Å². The fraction of sp³-hybridized carbons (Fsp3) is 0.368. The van der Waals surface area contributed by atoms with Crippen LogP contribution in [0.25, 0.3) is 0 Å². The number of hydrogen-bond donors (Lipinski definition) is 1. The Balaban J connectivity index is 2.44. The normalized spacial score (nSPS) is 18.5. The zero-order valence-electron chi connectivity index (χ0n) is 14.4. The average Bonchev–Trinajstić information content (AvgIpc) is 2.60. The first-order valence-corrected chi connectivity index (χ1v) is 9.97. The first kappa shape index (κ1) is 21.0. The number of ether oxygens (including phenoxy) is 1. The van der Waals surface area contributed by atoms with Crippen LogP contribution >= 0.6 is 23.5 Å². The average molecular weight is 403 g/mol. The smallest absolute Gasteiger partial charge is 0.387 e. The molecule has 1 fully saturated rings. The number of aryl methyl sites for hydroxylation is 1. The Hall–Kier alpha value is -1.31. The van der Waals surface area contributed by atoms with Crippen molar-refractivity contribution in [3.05, 3.63) is 66.0 Å². The van der Waals surface area contributed by atoms with Crippen molar-refractivity contribution >= 4 is 23.5 Å². The van der Waals surface area contributed by atoms with Gasteiger partial charge >= 0.3 is 6.61 Å². The van der Waals surface area contributed by atoms with E-state index in [0.717, 1.165) is 17.9 Å². The summed E-state index contributed by atoms with van der Waals surface area (Å²) in [5.41, 5.74) is 1.57. The summed E-state index contributed by atoms with van der Waals surface area (Å²) in [5, 5.41) is 11.1. The summed E-state index contributed by atoms with van der Waals surface area (Å²) in [7, 11) is 0. The number of alkyl halides is 2. The lowest BCUT2D eigenvalue weighted by molar-refractivity contribution is -0.0503. The van der Waals surface area contributed by atoms with Crippen LogP contribution in [0, 0.1) is 6.92 Å². The lowest BCUT2D eigenvalue weighted by Crippen LogP contribution is -2.34. The highest BCUT2D eigenvalue weighted by atomic mass is 32.2. The van der Waals surface area contributed by atoms with Gasteiger partial charge in [0.15, 0.2) is 0 Å². The van der Waals surface area contributed by atoms with Crippen LogP contribution in [0.2, 0.25) is 0 Å². The highest BCUT2D eigenvalue weighted by Gasteiger charge is 2.44. The molecule has 0 bridgehead atoms. The SMILES string of the molecule is C=C/C(=C\C(=C)F)C1(C(O)c2ccc(OC(F)F)c(C)c2)SCCCS1. The Morgan fingerprint density at radius 1 is 1.35 bits per heavy atom. The van der Waals surface area contributed by atoms with Gasteiger partial charge in [0.05, 0.1) is 0 Å². The zero-order valence-corrected chi connectivity index (χ0v) is 16.0. The van der Waals surface area contributed by atoms with E-state index < -0.39 is 22.6 Å².